The van der Waals surface area contributed by atoms with Crippen LogP contribution < -0.4 is 4.74 Å². The van der Waals surface area contributed by atoms with Gasteiger partial charge in [-0.15, -0.1) is 0 Å². The summed E-state index contributed by atoms with van der Waals surface area (Å²) in [7, 11) is 1.73. The van der Waals surface area contributed by atoms with Crippen LogP contribution in [0.2, 0.25) is 0 Å². The van der Waals surface area contributed by atoms with Gasteiger partial charge in [0.05, 0.1) is 12.8 Å². The lowest BCUT2D eigenvalue weighted by Gasteiger charge is -2.26. The number of ether oxygens (including phenoxy) is 1. The van der Waals surface area contributed by atoms with Gasteiger partial charge in [-0.1, -0.05) is 19.8 Å². The zero-order valence-corrected chi connectivity index (χ0v) is 9.57. The summed E-state index contributed by atoms with van der Waals surface area (Å²) in [5.74, 6) is 2.45. The number of aromatic nitrogens is 1. The Morgan fingerprint density at radius 2 is 2.00 bits per heavy atom. The van der Waals surface area contributed by atoms with Crippen LogP contribution in [0.4, 0.5) is 0 Å². The SMILES string of the molecule is COc1cccnc1C1CCC(C)CC1. The van der Waals surface area contributed by atoms with Gasteiger partial charge in [0.25, 0.3) is 0 Å². The highest BCUT2D eigenvalue weighted by Crippen LogP contribution is 2.37. The van der Waals surface area contributed by atoms with Gasteiger partial charge in [-0.2, -0.15) is 0 Å². The molecule has 1 fully saturated rings. The minimum atomic E-state index is 0.609. The van der Waals surface area contributed by atoms with Crippen LogP contribution >= 0.6 is 0 Å². The molecule has 0 unspecified atom stereocenters. The van der Waals surface area contributed by atoms with Gasteiger partial charge < -0.3 is 4.74 Å². The standard InChI is InChI=1S/C13H19NO/c1-10-5-7-11(8-6-10)13-12(15-2)4-3-9-14-13/h3-4,9-11H,5-8H2,1-2H3. The minimum Gasteiger partial charge on any atom is -0.495 e. The van der Waals surface area contributed by atoms with Crippen LogP contribution in [0, 0.1) is 5.92 Å². The summed E-state index contributed by atoms with van der Waals surface area (Å²) >= 11 is 0. The molecule has 0 bridgehead atoms. The molecule has 1 saturated carbocycles. The molecule has 1 aromatic heterocycles. The predicted molar refractivity (Wildman–Crippen MR) is 61.2 cm³/mol. The summed E-state index contributed by atoms with van der Waals surface area (Å²) in [6.45, 7) is 2.34. The first-order chi connectivity index (χ1) is 7.31. The normalized spacial score (nSPS) is 26.3. The van der Waals surface area contributed by atoms with Crippen molar-refractivity contribution in [2.24, 2.45) is 5.92 Å². The second-order valence-corrected chi connectivity index (χ2v) is 4.55. The summed E-state index contributed by atoms with van der Waals surface area (Å²) in [6, 6.07) is 3.95. The van der Waals surface area contributed by atoms with Crippen LogP contribution in [-0.2, 0) is 0 Å². The molecular weight excluding hydrogens is 186 g/mol. The molecule has 0 aliphatic heterocycles. The van der Waals surface area contributed by atoms with E-state index in [1.54, 1.807) is 7.11 Å². The molecular formula is C13H19NO. The molecule has 2 heteroatoms. The summed E-state index contributed by atoms with van der Waals surface area (Å²) in [5, 5.41) is 0. The molecule has 0 amide bonds. The first-order valence-corrected chi connectivity index (χ1v) is 5.80. The predicted octanol–water partition coefficient (Wildman–Crippen LogP) is 3.38. The van der Waals surface area contributed by atoms with E-state index in [1.807, 2.05) is 18.3 Å². The Bertz CT molecular complexity index is 316. The molecule has 1 aliphatic carbocycles. The number of hydrogen-bond acceptors (Lipinski definition) is 2. The van der Waals surface area contributed by atoms with E-state index in [4.69, 9.17) is 4.74 Å². The maximum absolute atomic E-state index is 5.36. The highest BCUT2D eigenvalue weighted by molar-refractivity contribution is 5.30. The van der Waals surface area contributed by atoms with Gasteiger partial charge in [-0.25, -0.2) is 0 Å². The number of pyridine rings is 1. The molecule has 0 saturated heterocycles. The molecule has 0 radical (unpaired) electrons. The highest BCUT2D eigenvalue weighted by Gasteiger charge is 2.22. The largest absolute Gasteiger partial charge is 0.495 e. The average molecular weight is 205 g/mol. The van der Waals surface area contributed by atoms with Crippen molar-refractivity contribution >= 4 is 0 Å². The zero-order valence-electron chi connectivity index (χ0n) is 9.57. The number of rotatable bonds is 2. The molecule has 82 valence electrons. The summed E-state index contributed by atoms with van der Waals surface area (Å²) < 4.78 is 5.36. The van der Waals surface area contributed by atoms with Crippen molar-refractivity contribution in [1.82, 2.24) is 4.98 Å². The van der Waals surface area contributed by atoms with E-state index in [0.717, 1.165) is 17.4 Å². The van der Waals surface area contributed by atoms with E-state index in [9.17, 15) is 0 Å². The molecule has 2 rings (SSSR count). The smallest absolute Gasteiger partial charge is 0.140 e. The fraction of sp³-hybridized carbons (Fsp3) is 0.615. The average Bonchev–Trinajstić information content (AvgIpc) is 2.30. The Kier molecular flexibility index (Phi) is 3.24. The van der Waals surface area contributed by atoms with Gasteiger partial charge in [0, 0.05) is 12.1 Å². The third-order valence-corrected chi connectivity index (χ3v) is 3.42. The lowest BCUT2D eigenvalue weighted by atomic mass is 9.81. The highest BCUT2D eigenvalue weighted by atomic mass is 16.5. The number of nitrogens with zero attached hydrogens (tertiary/aromatic N) is 1. The quantitative estimate of drug-likeness (QED) is 0.738. The van der Waals surface area contributed by atoms with E-state index >= 15 is 0 Å². The first-order valence-electron chi connectivity index (χ1n) is 5.80. The van der Waals surface area contributed by atoms with Crippen molar-refractivity contribution in [2.45, 2.75) is 38.5 Å². The number of methoxy groups -OCH3 is 1. The third-order valence-electron chi connectivity index (χ3n) is 3.42. The topological polar surface area (TPSA) is 22.1 Å². The molecule has 0 N–H and O–H groups in total. The monoisotopic (exact) mass is 205 g/mol. The van der Waals surface area contributed by atoms with E-state index in [0.29, 0.717) is 5.92 Å². The first kappa shape index (κ1) is 10.5. The van der Waals surface area contributed by atoms with Crippen molar-refractivity contribution < 1.29 is 4.74 Å². The van der Waals surface area contributed by atoms with Crippen LogP contribution in [0.3, 0.4) is 0 Å². The van der Waals surface area contributed by atoms with Gasteiger partial charge in [0.2, 0.25) is 0 Å². The fourth-order valence-electron chi connectivity index (χ4n) is 2.42. The summed E-state index contributed by atoms with van der Waals surface area (Å²) in [4.78, 5) is 4.47. The van der Waals surface area contributed by atoms with Gasteiger partial charge in [-0.05, 0) is 30.9 Å². The van der Waals surface area contributed by atoms with Crippen LogP contribution in [-0.4, -0.2) is 12.1 Å². The maximum atomic E-state index is 5.36. The Morgan fingerprint density at radius 1 is 1.27 bits per heavy atom. The van der Waals surface area contributed by atoms with Crippen molar-refractivity contribution in [1.29, 1.82) is 0 Å². The molecule has 1 heterocycles. The van der Waals surface area contributed by atoms with Crippen LogP contribution in [0.25, 0.3) is 0 Å². The van der Waals surface area contributed by atoms with Gasteiger partial charge in [0.1, 0.15) is 5.75 Å². The molecule has 0 atom stereocenters. The molecule has 0 spiro atoms. The van der Waals surface area contributed by atoms with Gasteiger partial charge in [-0.3, -0.25) is 4.98 Å². The lowest BCUT2D eigenvalue weighted by Crippen LogP contribution is -2.12. The third kappa shape index (κ3) is 2.31. The lowest BCUT2D eigenvalue weighted by molar-refractivity contribution is 0.331. The molecule has 1 aliphatic rings. The molecule has 15 heavy (non-hydrogen) atoms. The maximum Gasteiger partial charge on any atom is 0.140 e. The Hall–Kier alpha value is -1.05. The summed E-state index contributed by atoms with van der Waals surface area (Å²) in [6.07, 6.45) is 7.04. The zero-order chi connectivity index (χ0) is 10.7. The second kappa shape index (κ2) is 4.65. The van der Waals surface area contributed by atoms with Crippen LogP contribution in [0.5, 0.6) is 5.75 Å². The van der Waals surface area contributed by atoms with E-state index < -0.39 is 0 Å². The Labute approximate surface area is 91.7 Å². The van der Waals surface area contributed by atoms with Crippen molar-refractivity contribution in [3.05, 3.63) is 24.0 Å². The van der Waals surface area contributed by atoms with Gasteiger partial charge >= 0.3 is 0 Å². The van der Waals surface area contributed by atoms with E-state index in [-0.39, 0.29) is 0 Å². The van der Waals surface area contributed by atoms with Crippen LogP contribution in [0.1, 0.15) is 44.2 Å². The fourth-order valence-corrected chi connectivity index (χ4v) is 2.42. The van der Waals surface area contributed by atoms with E-state index in [2.05, 4.69) is 11.9 Å². The van der Waals surface area contributed by atoms with Crippen LogP contribution in [0.15, 0.2) is 18.3 Å². The number of hydrogen-bond donors (Lipinski definition) is 0. The molecule has 0 aromatic carbocycles. The molecule has 2 nitrogen and oxygen atoms in total. The van der Waals surface area contributed by atoms with Gasteiger partial charge in [0.15, 0.2) is 0 Å². The Balaban J connectivity index is 2.15. The van der Waals surface area contributed by atoms with E-state index in [1.165, 1.54) is 25.7 Å². The van der Waals surface area contributed by atoms with Crippen molar-refractivity contribution in [3.63, 3.8) is 0 Å². The summed E-state index contributed by atoms with van der Waals surface area (Å²) in [5.41, 5.74) is 1.16. The van der Waals surface area contributed by atoms with Crippen molar-refractivity contribution in [2.75, 3.05) is 7.11 Å². The Morgan fingerprint density at radius 3 is 2.67 bits per heavy atom. The van der Waals surface area contributed by atoms with Crippen molar-refractivity contribution in [3.8, 4) is 5.75 Å². The second-order valence-electron chi connectivity index (χ2n) is 4.55. The molecule has 1 aromatic rings. The minimum absolute atomic E-state index is 0.609.